The van der Waals surface area contributed by atoms with Crippen LogP contribution in [0.4, 0.5) is 13.2 Å². The van der Waals surface area contributed by atoms with Gasteiger partial charge in [-0.25, -0.2) is 9.97 Å². The van der Waals surface area contributed by atoms with Crippen molar-refractivity contribution < 1.29 is 13.2 Å². The molecular formula is C7H6ClF3N2S. The molecular weight excluding hydrogens is 237 g/mol. The Morgan fingerprint density at radius 3 is 1.86 bits per heavy atom. The Hall–Kier alpha value is -0.490. The smallest absolute Gasteiger partial charge is 0.229 e. The Balaban J connectivity index is 3.28. The Kier molecular flexibility index (Phi) is 3.26. The normalized spacial score (nSPS) is 11.9. The molecule has 0 spiro atoms. The lowest BCUT2D eigenvalue weighted by molar-refractivity contribution is -0.145. The van der Waals surface area contributed by atoms with Crippen molar-refractivity contribution in [1.29, 1.82) is 0 Å². The number of halogens is 4. The lowest BCUT2D eigenvalue weighted by Gasteiger charge is -2.09. The van der Waals surface area contributed by atoms with Crippen LogP contribution in [0, 0.1) is 13.8 Å². The molecule has 1 heterocycles. The first-order valence-electron chi connectivity index (χ1n) is 3.57. The molecule has 78 valence electrons. The van der Waals surface area contributed by atoms with Crippen molar-refractivity contribution in [2.24, 2.45) is 0 Å². The summed E-state index contributed by atoms with van der Waals surface area (Å²) in [4.78, 5) is 7.14. The zero-order valence-corrected chi connectivity index (χ0v) is 8.89. The van der Waals surface area contributed by atoms with E-state index in [1.54, 1.807) is 0 Å². The molecule has 0 amide bonds. The summed E-state index contributed by atoms with van der Waals surface area (Å²) in [7, 11) is 6.28. The lowest BCUT2D eigenvalue weighted by Crippen LogP contribution is -2.13. The van der Waals surface area contributed by atoms with Crippen molar-refractivity contribution in [2.45, 2.75) is 24.9 Å². The lowest BCUT2D eigenvalue weighted by atomic mass is 10.3. The molecule has 0 N–H and O–H groups in total. The van der Waals surface area contributed by atoms with Crippen LogP contribution in [-0.2, 0) is 6.18 Å². The molecule has 0 bridgehead atoms. The summed E-state index contributed by atoms with van der Waals surface area (Å²) in [6.45, 7) is 2.93. The van der Waals surface area contributed by atoms with Gasteiger partial charge in [-0.15, -0.1) is 0 Å². The number of nitrogens with zero attached hydrogens (tertiary/aromatic N) is 2. The highest BCUT2D eigenvalue weighted by Crippen LogP contribution is 2.31. The Morgan fingerprint density at radius 1 is 1.14 bits per heavy atom. The van der Waals surface area contributed by atoms with Gasteiger partial charge in [-0.2, -0.15) is 13.2 Å². The minimum atomic E-state index is -4.51. The number of rotatable bonds is 1. The summed E-state index contributed by atoms with van der Waals surface area (Å²) in [5.41, 5.74) is 0.481. The fourth-order valence-electron chi connectivity index (χ4n) is 0.944. The van der Waals surface area contributed by atoms with E-state index in [4.69, 9.17) is 10.7 Å². The first-order chi connectivity index (χ1) is 6.36. The molecule has 0 aromatic carbocycles. The summed E-state index contributed by atoms with van der Waals surface area (Å²) in [6, 6.07) is 0. The van der Waals surface area contributed by atoms with Gasteiger partial charge in [-0.05, 0) is 35.5 Å². The summed E-state index contributed by atoms with van der Waals surface area (Å²) < 4.78 is 36.7. The SMILES string of the molecule is Cc1nc(C(F)(F)F)nc(C)c1SCl. The van der Waals surface area contributed by atoms with Gasteiger partial charge >= 0.3 is 6.18 Å². The number of aromatic nitrogens is 2. The monoisotopic (exact) mass is 242 g/mol. The van der Waals surface area contributed by atoms with Crippen LogP contribution in [0.3, 0.4) is 0 Å². The van der Waals surface area contributed by atoms with Crippen molar-refractivity contribution in [3.05, 3.63) is 17.2 Å². The molecule has 1 aromatic heterocycles. The maximum absolute atomic E-state index is 12.2. The fraction of sp³-hybridized carbons (Fsp3) is 0.429. The van der Waals surface area contributed by atoms with Gasteiger partial charge in [0.25, 0.3) is 0 Å². The van der Waals surface area contributed by atoms with Crippen LogP contribution in [0.5, 0.6) is 0 Å². The third-order valence-corrected chi connectivity index (χ3v) is 2.74. The summed E-state index contributed by atoms with van der Waals surface area (Å²) in [5.74, 6) is -1.12. The minimum absolute atomic E-state index is 0.241. The van der Waals surface area contributed by atoms with E-state index in [9.17, 15) is 13.2 Å². The first-order valence-corrected chi connectivity index (χ1v) is 5.21. The molecule has 1 rings (SSSR count). The van der Waals surface area contributed by atoms with E-state index >= 15 is 0 Å². The van der Waals surface area contributed by atoms with E-state index in [2.05, 4.69) is 9.97 Å². The predicted molar refractivity (Wildman–Crippen MR) is 48.2 cm³/mol. The van der Waals surface area contributed by atoms with Gasteiger partial charge < -0.3 is 0 Å². The average Bonchev–Trinajstić information content (AvgIpc) is 2.01. The molecule has 0 aliphatic carbocycles. The molecule has 0 aliphatic rings. The van der Waals surface area contributed by atoms with Gasteiger partial charge in [0, 0.05) is 0 Å². The average molecular weight is 243 g/mol. The fourth-order valence-corrected chi connectivity index (χ4v) is 1.93. The van der Waals surface area contributed by atoms with Crippen LogP contribution in [-0.4, -0.2) is 9.97 Å². The van der Waals surface area contributed by atoms with Crippen LogP contribution in [0.1, 0.15) is 17.2 Å². The molecule has 0 unspecified atom stereocenters. The van der Waals surface area contributed by atoms with E-state index in [0.717, 1.165) is 11.0 Å². The number of alkyl halides is 3. The summed E-state index contributed by atoms with van der Waals surface area (Å²) in [5, 5.41) is 0. The van der Waals surface area contributed by atoms with E-state index in [1.165, 1.54) is 13.8 Å². The summed E-state index contributed by atoms with van der Waals surface area (Å²) in [6.07, 6.45) is -4.51. The van der Waals surface area contributed by atoms with E-state index < -0.39 is 12.0 Å². The van der Waals surface area contributed by atoms with Crippen LogP contribution in [0.15, 0.2) is 4.90 Å². The molecule has 0 saturated heterocycles. The molecule has 7 heteroatoms. The molecule has 1 aromatic rings. The minimum Gasteiger partial charge on any atom is -0.229 e. The second-order valence-corrected chi connectivity index (χ2v) is 3.65. The maximum Gasteiger partial charge on any atom is 0.451 e. The molecule has 0 aliphatic heterocycles. The van der Waals surface area contributed by atoms with Crippen molar-refractivity contribution in [3.8, 4) is 0 Å². The largest absolute Gasteiger partial charge is 0.451 e. The first kappa shape index (κ1) is 11.6. The third kappa shape index (κ3) is 2.30. The highest BCUT2D eigenvalue weighted by Gasteiger charge is 2.35. The second kappa shape index (κ2) is 3.94. The highest BCUT2D eigenvalue weighted by atomic mass is 35.7. The second-order valence-electron chi connectivity index (χ2n) is 2.62. The zero-order valence-electron chi connectivity index (χ0n) is 7.31. The highest BCUT2D eigenvalue weighted by molar-refractivity contribution is 8.21. The van der Waals surface area contributed by atoms with E-state index in [-0.39, 0.29) is 11.4 Å². The van der Waals surface area contributed by atoms with Gasteiger partial charge in [0.2, 0.25) is 5.82 Å². The van der Waals surface area contributed by atoms with Crippen LogP contribution < -0.4 is 0 Å². The van der Waals surface area contributed by atoms with Crippen LogP contribution in [0.2, 0.25) is 0 Å². The quantitative estimate of drug-likeness (QED) is 0.755. The van der Waals surface area contributed by atoms with Crippen molar-refractivity contribution in [1.82, 2.24) is 9.97 Å². The predicted octanol–water partition coefficient (Wildman–Crippen LogP) is 3.36. The third-order valence-electron chi connectivity index (χ3n) is 1.54. The topological polar surface area (TPSA) is 25.8 Å². The van der Waals surface area contributed by atoms with E-state index in [0.29, 0.717) is 4.90 Å². The van der Waals surface area contributed by atoms with Crippen LogP contribution >= 0.6 is 21.7 Å². The standard InChI is InChI=1S/C7H6ClF3N2S/c1-3-5(14-8)4(2)13-6(12-3)7(9,10)11/h1-2H3. The van der Waals surface area contributed by atoms with Gasteiger partial charge in [0.15, 0.2) is 0 Å². The molecule has 0 atom stereocenters. The Morgan fingerprint density at radius 2 is 1.57 bits per heavy atom. The molecule has 0 radical (unpaired) electrons. The van der Waals surface area contributed by atoms with Gasteiger partial charge in [-0.3, -0.25) is 0 Å². The number of hydrogen-bond acceptors (Lipinski definition) is 3. The van der Waals surface area contributed by atoms with Gasteiger partial charge in [-0.1, -0.05) is 0 Å². The van der Waals surface area contributed by atoms with Gasteiger partial charge in [0.05, 0.1) is 16.3 Å². The number of hydrogen-bond donors (Lipinski definition) is 0. The molecule has 0 saturated carbocycles. The molecule has 2 nitrogen and oxygen atoms in total. The van der Waals surface area contributed by atoms with Crippen LogP contribution in [0.25, 0.3) is 0 Å². The molecule has 14 heavy (non-hydrogen) atoms. The van der Waals surface area contributed by atoms with E-state index in [1.807, 2.05) is 0 Å². The Bertz CT molecular complexity index is 330. The van der Waals surface area contributed by atoms with Crippen molar-refractivity contribution in [2.75, 3.05) is 0 Å². The van der Waals surface area contributed by atoms with Crippen molar-refractivity contribution >= 4 is 21.7 Å². The maximum atomic E-state index is 12.2. The Labute approximate surface area is 87.4 Å². The number of aryl methyl sites for hydroxylation is 2. The summed E-state index contributed by atoms with van der Waals surface area (Å²) >= 11 is 0. The van der Waals surface area contributed by atoms with Gasteiger partial charge in [0.1, 0.15) is 0 Å². The zero-order chi connectivity index (χ0) is 10.9. The van der Waals surface area contributed by atoms with Crippen molar-refractivity contribution in [3.63, 3.8) is 0 Å². The molecule has 0 fully saturated rings.